The lowest BCUT2D eigenvalue weighted by molar-refractivity contribution is 0.344. The summed E-state index contributed by atoms with van der Waals surface area (Å²) in [5.74, 6) is 0. The fraction of sp³-hybridized carbons (Fsp3) is 0.636. The second kappa shape index (κ2) is 2.38. The zero-order chi connectivity index (χ0) is 8.77. The van der Waals surface area contributed by atoms with Crippen LogP contribution in [0.4, 0.5) is 0 Å². The molecule has 0 radical (unpaired) electrons. The van der Waals surface area contributed by atoms with E-state index in [4.69, 9.17) is 0 Å². The van der Waals surface area contributed by atoms with E-state index in [2.05, 4.69) is 37.9 Å². The molecular formula is C11H17N. The van der Waals surface area contributed by atoms with Crippen molar-refractivity contribution in [2.24, 2.45) is 5.41 Å². The van der Waals surface area contributed by atoms with Gasteiger partial charge in [-0.25, -0.2) is 0 Å². The molecule has 12 heavy (non-hydrogen) atoms. The van der Waals surface area contributed by atoms with E-state index >= 15 is 0 Å². The van der Waals surface area contributed by atoms with Gasteiger partial charge in [0.25, 0.3) is 0 Å². The summed E-state index contributed by atoms with van der Waals surface area (Å²) >= 11 is 0. The number of hydrogen-bond donors (Lipinski definition) is 0. The molecule has 0 spiro atoms. The maximum atomic E-state index is 2.38. The zero-order valence-corrected chi connectivity index (χ0v) is 8.22. The van der Waals surface area contributed by atoms with E-state index in [1.165, 1.54) is 25.1 Å². The molecule has 1 aliphatic heterocycles. The molecule has 2 aliphatic rings. The van der Waals surface area contributed by atoms with Gasteiger partial charge in [0.15, 0.2) is 0 Å². The van der Waals surface area contributed by atoms with Gasteiger partial charge < -0.3 is 4.90 Å². The van der Waals surface area contributed by atoms with Crippen molar-refractivity contribution in [3.63, 3.8) is 0 Å². The molecule has 0 saturated heterocycles. The Kier molecular flexibility index (Phi) is 1.57. The SMILES string of the molecule is CN1CC(C)(C)C2=C1C=CCC2. The number of allylic oxidation sites excluding steroid dienone is 2. The Labute approximate surface area is 74.8 Å². The summed E-state index contributed by atoms with van der Waals surface area (Å²) in [5, 5.41) is 0. The average Bonchev–Trinajstić information content (AvgIpc) is 2.25. The largest absolute Gasteiger partial charge is 0.374 e. The van der Waals surface area contributed by atoms with Gasteiger partial charge in [0.1, 0.15) is 0 Å². The summed E-state index contributed by atoms with van der Waals surface area (Å²) in [6.07, 6.45) is 7.07. The lowest BCUT2D eigenvalue weighted by Gasteiger charge is -2.22. The Bertz CT molecular complexity index is 258. The van der Waals surface area contributed by atoms with Gasteiger partial charge in [0.2, 0.25) is 0 Å². The Hall–Kier alpha value is -0.720. The van der Waals surface area contributed by atoms with Crippen LogP contribution in [0.1, 0.15) is 26.7 Å². The predicted molar refractivity (Wildman–Crippen MR) is 51.8 cm³/mol. The van der Waals surface area contributed by atoms with E-state index in [-0.39, 0.29) is 0 Å². The molecular weight excluding hydrogens is 146 g/mol. The Morgan fingerprint density at radius 1 is 1.42 bits per heavy atom. The van der Waals surface area contributed by atoms with Crippen molar-refractivity contribution in [3.05, 3.63) is 23.4 Å². The molecule has 0 aromatic carbocycles. The molecule has 0 amide bonds. The quantitative estimate of drug-likeness (QED) is 0.530. The smallest absolute Gasteiger partial charge is 0.0358 e. The fourth-order valence-electron chi connectivity index (χ4n) is 2.47. The van der Waals surface area contributed by atoms with Crippen molar-refractivity contribution in [1.82, 2.24) is 4.90 Å². The van der Waals surface area contributed by atoms with Crippen molar-refractivity contribution < 1.29 is 0 Å². The lowest BCUT2D eigenvalue weighted by atomic mass is 9.82. The van der Waals surface area contributed by atoms with Crippen LogP contribution in [-0.4, -0.2) is 18.5 Å². The molecule has 0 fully saturated rings. The van der Waals surface area contributed by atoms with Crippen LogP contribution in [-0.2, 0) is 0 Å². The predicted octanol–water partition coefficient (Wildman–Crippen LogP) is 2.56. The summed E-state index contributed by atoms with van der Waals surface area (Å²) in [7, 11) is 2.19. The van der Waals surface area contributed by atoms with Crippen molar-refractivity contribution in [3.8, 4) is 0 Å². The van der Waals surface area contributed by atoms with Crippen LogP contribution in [0.2, 0.25) is 0 Å². The normalized spacial score (nSPS) is 26.4. The maximum absolute atomic E-state index is 2.38. The van der Waals surface area contributed by atoms with Crippen molar-refractivity contribution in [1.29, 1.82) is 0 Å². The summed E-state index contributed by atoms with van der Waals surface area (Å²) in [6, 6.07) is 0. The van der Waals surface area contributed by atoms with Gasteiger partial charge in [0.05, 0.1) is 0 Å². The van der Waals surface area contributed by atoms with Gasteiger partial charge in [-0.2, -0.15) is 0 Å². The maximum Gasteiger partial charge on any atom is 0.0358 e. The number of rotatable bonds is 0. The molecule has 0 atom stereocenters. The lowest BCUT2D eigenvalue weighted by Crippen LogP contribution is -2.21. The summed E-state index contributed by atoms with van der Waals surface area (Å²) in [5.41, 5.74) is 3.55. The van der Waals surface area contributed by atoms with Gasteiger partial charge >= 0.3 is 0 Å². The first-order valence-electron chi connectivity index (χ1n) is 4.72. The van der Waals surface area contributed by atoms with Crippen LogP contribution in [0, 0.1) is 5.41 Å². The highest BCUT2D eigenvalue weighted by Gasteiger charge is 2.34. The first kappa shape index (κ1) is 7.90. The third-order valence-corrected chi connectivity index (χ3v) is 3.01. The van der Waals surface area contributed by atoms with Crippen molar-refractivity contribution in [2.75, 3.05) is 13.6 Å². The molecule has 1 heteroatoms. The van der Waals surface area contributed by atoms with Crippen molar-refractivity contribution in [2.45, 2.75) is 26.7 Å². The number of hydrogen-bond acceptors (Lipinski definition) is 1. The van der Waals surface area contributed by atoms with Gasteiger partial charge in [-0.15, -0.1) is 0 Å². The van der Waals surface area contributed by atoms with Crippen LogP contribution in [0.25, 0.3) is 0 Å². The van der Waals surface area contributed by atoms with Crippen LogP contribution in [0.15, 0.2) is 23.4 Å². The van der Waals surface area contributed by atoms with Gasteiger partial charge in [-0.1, -0.05) is 19.9 Å². The molecule has 1 heterocycles. The molecule has 0 aromatic heterocycles. The summed E-state index contributed by atoms with van der Waals surface area (Å²) < 4.78 is 0. The minimum absolute atomic E-state index is 0.412. The second-order valence-electron chi connectivity index (χ2n) is 4.54. The minimum Gasteiger partial charge on any atom is -0.374 e. The minimum atomic E-state index is 0.412. The summed E-state index contributed by atoms with van der Waals surface area (Å²) in [6.45, 7) is 5.89. The molecule has 0 aromatic rings. The van der Waals surface area contributed by atoms with Gasteiger partial charge in [-0.3, -0.25) is 0 Å². The van der Waals surface area contributed by atoms with E-state index < -0.39 is 0 Å². The van der Waals surface area contributed by atoms with Gasteiger partial charge in [0, 0.05) is 24.7 Å². The van der Waals surface area contributed by atoms with Crippen molar-refractivity contribution >= 4 is 0 Å². The number of nitrogens with zero attached hydrogens (tertiary/aromatic N) is 1. The van der Waals surface area contributed by atoms with Crippen LogP contribution in [0.5, 0.6) is 0 Å². The highest BCUT2D eigenvalue weighted by Crippen LogP contribution is 2.42. The number of likely N-dealkylation sites (N-methyl/N-ethyl adjacent to an activating group) is 1. The van der Waals surface area contributed by atoms with Gasteiger partial charge in [-0.05, 0) is 24.5 Å². The third-order valence-electron chi connectivity index (χ3n) is 3.01. The van der Waals surface area contributed by atoms with Crippen LogP contribution < -0.4 is 0 Å². The third kappa shape index (κ3) is 0.996. The monoisotopic (exact) mass is 163 g/mol. The van der Waals surface area contributed by atoms with E-state index in [9.17, 15) is 0 Å². The summed E-state index contributed by atoms with van der Waals surface area (Å²) in [4.78, 5) is 2.38. The molecule has 0 bridgehead atoms. The zero-order valence-electron chi connectivity index (χ0n) is 8.22. The molecule has 2 rings (SSSR count). The molecule has 0 N–H and O–H groups in total. The van der Waals surface area contributed by atoms with E-state index in [1.54, 1.807) is 5.57 Å². The van der Waals surface area contributed by atoms with Crippen LogP contribution in [0.3, 0.4) is 0 Å². The Balaban J connectivity index is 2.41. The topological polar surface area (TPSA) is 3.24 Å². The molecule has 1 aliphatic carbocycles. The highest BCUT2D eigenvalue weighted by atomic mass is 15.1. The highest BCUT2D eigenvalue weighted by molar-refractivity contribution is 5.36. The first-order valence-corrected chi connectivity index (χ1v) is 4.72. The standard InChI is InChI=1S/C11H17N/c1-11(2)8-12(3)10-7-5-4-6-9(10)11/h5,7H,4,6,8H2,1-3H3. The molecule has 1 nitrogen and oxygen atoms in total. The van der Waals surface area contributed by atoms with E-state index in [0.717, 1.165) is 0 Å². The molecule has 0 unspecified atom stereocenters. The Morgan fingerprint density at radius 3 is 2.83 bits per heavy atom. The van der Waals surface area contributed by atoms with E-state index in [1.807, 2.05) is 0 Å². The van der Waals surface area contributed by atoms with E-state index in [0.29, 0.717) is 5.41 Å². The fourth-order valence-corrected chi connectivity index (χ4v) is 2.47. The second-order valence-corrected chi connectivity index (χ2v) is 4.54. The molecule has 0 saturated carbocycles. The molecule has 66 valence electrons. The van der Waals surface area contributed by atoms with Crippen LogP contribution >= 0.6 is 0 Å². The average molecular weight is 163 g/mol. The Morgan fingerprint density at radius 2 is 2.17 bits per heavy atom. The first-order chi connectivity index (χ1) is 5.61.